The molecule has 84 valence electrons. The van der Waals surface area contributed by atoms with Crippen LogP contribution in [0.5, 0.6) is 0 Å². The summed E-state index contributed by atoms with van der Waals surface area (Å²) >= 11 is 0. The summed E-state index contributed by atoms with van der Waals surface area (Å²) in [7, 11) is 4.23. The summed E-state index contributed by atoms with van der Waals surface area (Å²) in [5.41, 5.74) is 5.87. The van der Waals surface area contributed by atoms with E-state index < -0.39 is 0 Å². The fourth-order valence-corrected chi connectivity index (χ4v) is 2.38. The van der Waals surface area contributed by atoms with E-state index in [1.165, 1.54) is 25.7 Å². The second-order valence-electron chi connectivity index (χ2n) is 4.52. The van der Waals surface area contributed by atoms with Crippen molar-refractivity contribution in [2.75, 3.05) is 19.8 Å². The van der Waals surface area contributed by atoms with Gasteiger partial charge in [0.05, 0.1) is 6.54 Å². The number of nitrogen functional groups attached to an aromatic ring is 1. The molecular formula is C9H18N6. The predicted molar refractivity (Wildman–Crippen MR) is 57.1 cm³/mol. The molecule has 0 spiro atoms. The van der Waals surface area contributed by atoms with Crippen molar-refractivity contribution in [1.29, 1.82) is 0 Å². The molecule has 0 radical (unpaired) electrons. The van der Waals surface area contributed by atoms with Crippen LogP contribution in [0.15, 0.2) is 0 Å². The van der Waals surface area contributed by atoms with Gasteiger partial charge in [-0.1, -0.05) is 17.9 Å². The van der Waals surface area contributed by atoms with Crippen molar-refractivity contribution in [3.63, 3.8) is 0 Å². The molecule has 0 atom stereocenters. The van der Waals surface area contributed by atoms with Crippen molar-refractivity contribution >= 4 is 5.95 Å². The van der Waals surface area contributed by atoms with E-state index >= 15 is 0 Å². The number of aromatic nitrogens is 4. The van der Waals surface area contributed by atoms with Gasteiger partial charge in [-0.05, 0) is 37.4 Å². The number of tetrazole rings is 1. The fourth-order valence-electron chi connectivity index (χ4n) is 2.38. The second-order valence-corrected chi connectivity index (χ2v) is 4.52. The molecule has 1 heterocycles. The molecule has 1 aliphatic carbocycles. The molecule has 2 N–H and O–H groups in total. The number of hydrogen-bond acceptors (Lipinski definition) is 5. The van der Waals surface area contributed by atoms with Crippen LogP contribution in [0.4, 0.5) is 5.95 Å². The average Bonchev–Trinajstić information content (AvgIpc) is 2.78. The first-order valence-corrected chi connectivity index (χ1v) is 5.33. The Morgan fingerprint density at radius 1 is 1.40 bits per heavy atom. The molecule has 0 aliphatic heterocycles. The molecule has 0 aromatic carbocycles. The van der Waals surface area contributed by atoms with E-state index in [1.807, 2.05) is 0 Å². The maximum atomic E-state index is 5.69. The first-order chi connectivity index (χ1) is 7.14. The minimum atomic E-state index is 0.184. The minimum absolute atomic E-state index is 0.184. The lowest BCUT2D eigenvalue weighted by Gasteiger charge is -2.35. The first-order valence-electron chi connectivity index (χ1n) is 5.33. The maximum absolute atomic E-state index is 5.69. The van der Waals surface area contributed by atoms with Crippen molar-refractivity contribution in [2.24, 2.45) is 0 Å². The van der Waals surface area contributed by atoms with Crippen molar-refractivity contribution in [1.82, 2.24) is 25.1 Å². The summed E-state index contributed by atoms with van der Waals surface area (Å²) in [6.45, 7) is 0.791. The van der Waals surface area contributed by atoms with Gasteiger partial charge in [0.25, 0.3) is 0 Å². The number of anilines is 1. The van der Waals surface area contributed by atoms with Gasteiger partial charge in [0.15, 0.2) is 0 Å². The smallest absolute Gasteiger partial charge is 0.240 e. The van der Waals surface area contributed by atoms with E-state index in [2.05, 4.69) is 34.5 Å². The summed E-state index contributed by atoms with van der Waals surface area (Å²) in [5, 5.41) is 11.2. The topological polar surface area (TPSA) is 72.9 Å². The van der Waals surface area contributed by atoms with Crippen LogP contribution in [-0.2, 0) is 6.54 Å². The van der Waals surface area contributed by atoms with Crippen molar-refractivity contribution < 1.29 is 0 Å². The van der Waals surface area contributed by atoms with Crippen LogP contribution in [0.25, 0.3) is 0 Å². The van der Waals surface area contributed by atoms with E-state index in [-0.39, 0.29) is 5.54 Å². The molecule has 0 saturated heterocycles. The normalized spacial score (nSPS) is 19.9. The number of hydrogen-bond donors (Lipinski definition) is 1. The molecular weight excluding hydrogens is 192 g/mol. The third-order valence-corrected chi connectivity index (χ3v) is 3.49. The summed E-state index contributed by atoms with van der Waals surface area (Å²) in [6.07, 6.45) is 4.94. The molecule has 0 unspecified atom stereocenters. The standard InChI is InChI=1S/C9H18N6/c1-14(2)9(5-3-4-6-9)7-15-8(10)11-12-13-15/h3-7H2,1-2H3,(H2,10,11,13). The highest BCUT2D eigenvalue weighted by Gasteiger charge is 2.37. The Bertz CT molecular complexity index is 325. The molecule has 0 bridgehead atoms. The average molecular weight is 210 g/mol. The Morgan fingerprint density at radius 3 is 2.53 bits per heavy atom. The lowest BCUT2D eigenvalue weighted by Crippen LogP contribution is -2.45. The molecule has 15 heavy (non-hydrogen) atoms. The van der Waals surface area contributed by atoms with Crippen LogP contribution in [-0.4, -0.2) is 44.7 Å². The van der Waals surface area contributed by atoms with Crippen molar-refractivity contribution in [3.05, 3.63) is 0 Å². The van der Waals surface area contributed by atoms with Crippen molar-refractivity contribution in [3.8, 4) is 0 Å². The van der Waals surface area contributed by atoms with Gasteiger partial charge >= 0.3 is 0 Å². The van der Waals surface area contributed by atoms with Gasteiger partial charge in [0.2, 0.25) is 5.95 Å². The fraction of sp³-hybridized carbons (Fsp3) is 0.889. The van der Waals surface area contributed by atoms with Gasteiger partial charge in [0.1, 0.15) is 0 Å². The number of nitrogens with zero attached hydrogens (tertiary/aromatic N) is 5. The van der Waals surface area contributed by atoms with E-state index in [0.717, 1.165) is 6.54 Å². The second kappa shape index (κ2) is 3.77. The van der Waals surface area contributed by atoms with Crippen LogP contribution in [0.2, 0.25) is 0 Å². The minimum Gasteiger partial charge on any atom is -0.367 e. The SMILES string of the molecule is CN(C)C1(Cn2nnnc2N)CCCC1. The van der Waals surface area contributed by atoms with Crippen LogP contribution in [0.3, 0.4) is 0 Å². The van der Waals surface area contributed by atoms with E-state index in [4.69, 9.17) is 5.73 Å². The van der Waals surface area contributed by atoms with E-state index in [1.54, 1.807) is 4.68 Å². The van der Waals surface area contributed by atoms with E-state index in [9.17, 15) is 0 Å². The van der Waals surface area contributed by atoms with Crippen LogP contribution in [0.1, 0.15) is 25.7 Å². The lowest BCUT2D eigenvalue weighted by atomic mass is 9.96. The van der Waals surface area contributed by atoms with Gasteiger partial charge in [-0.15, -0.1) is 0 Å². The first kappa shape index (κ1) is 10.4. The summed E-state index contributed by atoms with van der Waals surface area (Å²) in [6, 6.07) is 0. The molecule has 1 aliphatic rings. The molecule has 1 aromatic heterocycles. The summed E-state index contributed by atoms with van der Waals surface area (Å²) in [4.78, 5) is 2.28. The quantitative estimate of drug-likeness (QED) is 0.767. The number of rotatable bonds is 3. The van der Waals surface area contributed by atoms with Crippen LogP contribution < -0.4 is 5.73 Å². The molecule has 1 saturated carbocycles. The Hall–Kier alpha value is -1.17. The Balaban J connectivity index is 2.17. The van der Waals surface area contributed by atoms with Crippen LogP contribution in [0, 0.1) is 0 Å². The van der Waals surface area contributed by atoms with Crippen molar-refractivity contribution in [2.45, 2.75) is 37.8 Å². The van der Waals surface area contributed by atoms with Gasteiger partial charge < -0.3 is 10.6 Å². The molecule has 0 amide bonds. The highest BCUT2D eigenvalue weighted by molar-refractivity contribution is 5.11. The molecule has 2 rings (SSSR count). The molecule has 1 fully saturated rings. The molecule has 1 aromatic rings. The Morgan fingerprint density at radius 2 is 2.07 bits per heavy atom. The number of likely N-dealkylation sites (N-methyl/N-ethyl adjacent to an activating group) is 1. The number of nitrogens with two attached hydrogens (primary N) is 1. The third kappa shape index (κ3) is 1.81. The van der Waals surface area contributed by atoms with Crippen LogP contribution >= 0.6 is 0 Å². The largest absolute Gasteiger partial charge is 0.367 e. The highest BCUT2D eigenvalue weighted by atomic mass is 15.6. The van der Waals surface area contributed by atoms with E-state index in [0.29, 0.717) is 5.95 Å². The lowest BCUT2D eigenvalue weighted by molar-refractivity contribution is 0.129. The predicted octanol–water partition coefficient (Wildman–Crippen LogP) is 0.130. The Labute approximate surface area is 89.4 Å². The third-order valence-electron chi connectivity index (χ3n) is 3.49. The summed E-state index contributed by atoms with van der Waals surface area (Å²) in [5.74, 6) is 0.406. The zero-order valence-corrected chi connectivity index (χ0v) is 9.35. The Kier molecular flexibility index (Phi) is 2.60. The maximum Gasteiger partial charge on any atom is 0.240 e. The van der Waals surface area contributed by atoms with Gasteiger partial charge in [-0.3, -0.25) is 0 Å². The molecule has 6 nitrogen and oxygen atoms in total. The molecule has 6 heteroatoms. The monoisotopic (exact) mass is 210 g/mol. The van der Waals surface area contributed by atoms with Gasteiger partial charge in [-0.2, -0.15) is 0 Å². The summed E-state index contributed by atoms with van der Waals surface area (Å²) < 4.78 is 1.70. The zero-order chi connectivity index (χ0) is 10.9. The van der Waals surface area contributed by atoms with Gasteiger partial charge in [-0.25, -0.2) is 4.68 Å². The highest BCUT2D eigenvalue weighted by Crippen LogP contribution is 2.35. The zero-order valence-electron chi connectivity index (χ0n) is 9.35. The van der Waals surface area contributed by atoms with Gasteiger partial charge in [0, 0.05) is 5.54 Å².